The Labute approximate surface area is 172 Å². The molecule has 0 bridgehead atoms. The molecule has 29 heavy (non-hydrogen) atoms. The first kappa shape index (κ1) is 19.6. The van der Waals surface area contributed by atoms with Crippen LogP contribution >= 0.6 is 0 Å². The van der Waals surface area contributed by atoms with E-state index in [1.807, 2.05) is 32.0 Å². The Balaban J connectivity index is 0.000000994. The highest BCUT2D eigenvalue weighted by molar-refractivity contribution is 6.06. The van der Waals surface area contributed by atoms with E-state index in [-0.39, 0.29) is 5.91 Å². The predicted octanol–water partition coefficient (Wildman–Crippen LogP) is 4.63. The SMILES string of the molecule is CC.CN1CCCCC1c1ccc(-c2nc3cccc4c3n2CCNC4=O)cc1. The summed E-state index contributed by atoms with van der Waals surface area (Å²) in [5, 5.41) is 2.98. The minimum atomic E-state index is -0.0125. The van der Waals surface area contributed by atoms with Crippen molar-refractivity contribution < 1.29 is 4.79 Å². The summed E-state index contributed by atoms with van der Waals surface area (Å²) >= 11 is 0. The van der Waals surface area contributed by atoms with Gasteiger partial charge in [0.1, 0.15) is 5.82 Å². The van der Waals surface area contributed by atoms with E-state index in [0.717, 1.165) is 29.0 Å². The van der Waals surface area contributed by atoms with E-state index in [2.05, 4.69) is 46.1 Å². The van der Waals surface area contributed by atoms with Gasteiger partial charge in [0.05, 0.1) is 16.6 Å². The summed E-state index contributed by atoms with van der Waals surface area (Å²) < 4.78 is 2.18. The third kappa shape index (κ3) is 3.55. The smallest absolute Gasteiger partial charge is 0.253 e. The number of nitrogens with zero attached hydrogens (tertiary/aromatic N) is 3. The van der Waals surface area contributed by atoms with Crippen molar-refractivity contribution in [3.8, 4) is 11.4 Å². The monoisotopic (exact) mass is 390 g/mol. The third-order valence-corrected chi connectivity index (χ3v) is 5.96. The van der Waals surface area contributed by atoms with Gasteiger partial charge >= 0.3 is 0 Å². The van der Waals surface area contributed by atoms with E-state index in [0.29, 0.717) is 18.2 Å². The molecular formula is C24H30N4O. The number of likely N-dealkylation sites (tertiary alicyclic amines) is 1. The second kappa shape index (κ2) is 8.37. The van der Waals surface area contributed by atoms with Gasteiger partial charge in [-0.1, -0.05) is 50.6 Å². The number of piperidine rings is 1. The average molecular weight is 391 g/mol. The van der Waals surface area contributed by atoms with E-state index in [4.69, 9.17) is 4.98 Å². The minimum Gasteiger partial charge on any atom is -0.350 e. The van der Waals surface area contributed by atoms with Gasteiger partial charge < -0.3 is 9.88 Å². The van der Waals surface area contributed by atoms with E-state index in [1.165, 1.54) is 31.4 Å². The van der Waals surface area contributed by atoms with E-state index in [1.54, 1.807) is 0 Å². The van der Waals surface area contributed by atoms with Crippen LogP contribution < -0.4 is 5.32 Å². The molecule has 0 saturated carbocycles. The molecule has 3 heterocycles. The number of hydrogen-bond acceptors (Lipinski definition) is 3. The number of amides is 1. The molecule has 1 fully saturated rings. The van der Waals surface area contributed by atoms with Crippen LogP contribution in [0.2, 0.25) is 0 Å². The fourth-order valence-electron chi connectivity index (χ4n) is 4.53. The number of hydrogen-bond donors (Lipinski definition) is 1. The number of rotatable bonds is 2. The van der Waals surface area contributed by atoms with Gasteiger partial charge in [0.2, 0.25) is 0 Å². The number of aromatic nitrogens is 2. The van der Waals surface area contributed by atoms with Crippen molar-refractivity contribution in [1.82, 2.24) is 19.8 Å². The summed E-state index contributed by atoms with van der Waals surface area (Å²) in [6.45, 7) is 6.53. The highest BCUT2D eigenvalue weighted by Crippen LogP contribution is 2.32. The lowest BCUT2D eigenvalue weighted by molar-refractivity contribution is 0.0956. The van der Waals surface area contributed by atoms with Crippen LogP contribution in [0.4, 0.5) is 0 Å². The molecule has 1 aromatic heterocycles. The Bertz CT molecular complexity index is 1010. The number of nitrogens with one attached hydrogen (secondary N) is 1. The summed E-state index contributed by atoms with van der Waals surface area (Å²) in [4.78, 5) is 19.6. The Morgan fingerprint density at radius 1 is 1.03 bits per heavy atom. The lowest BCUT2D eigenvalue weighted by Crippen LogP contribution is -2.29. The lowest BCUT2D eigenvalue weighted by atomic mass is 9.95. The number of carbonyl (C=O) groups is 1. The van der Waals surface area contributed by atoms with Crippen LogP contribution in [-0.4, -0.2) is 40.5 Å². The molecule has 1 N–H and O–H groups in total. The average Bonchev–Trinajstić information content (AvgIpc) is 3.05. The lowest BCUT2D eigenvalue weighted by Gasteiger charge is -2.32. The van der Waals surface area contributed by atoms with Crippen LogP contribution in [-0.2, 0) is 6.54 Å². The van der Waals surface area contributed by atoms with Crippen LogP contribution in [0, 0.1) is 0 Å². The van der Waals surface area contributed by atoms with Crippen molar-refractivity contribution >= 4 is 16.9 Å². The summed E-state index contributed by atoms with van der Waals surface area (Å²) in [5.74, 6) is 0.930. The normalized spacial score (nSPS) is 19.3. The fourth-order valence-corrected chi connectivity index (χ4v) is 4.53. The first-order valence-electron chi connectivity index (χ1n) is 10.8. The van der Waals surface area contributed by atoms with Crippen LogP contribution in [0.1, 0.15) is 55.1 Å². The van der Waals surface area contributed by atoms with Gasteiger partial charge in [-0.25, -0.2) is 4.98 Å². The van der Waals surface area contributed by atoms with Crippen molar-refractivity contribution in [2.75, 3.05) is 20.1 Å². The predicted molar refractivity (Wildman–Crippen MR) is 118 cm³/mol. The molecule has 2 aliphatic heterocycles. The second-order valence-electron chi connectivity index (χ2n) is 7.63. The maximum Gasteiger partial charge on any atom is 0.253 e. The van der Waals surface area contributed by atoms with E-state index < -0.39 is 0 Å². The van der Waals surface area contributed by atoms with E-state index in [9.17, 15) is 4.79 Å². The minimum absolute atomic E-state index is 0.0125. The number of para-hydroxylation sites is 1. The van der Waals surface area contributed by atoms with Crippen molar-refractivity contribution in [2.24, 2.45) is 0 Å². The third-order valence-electron chi connectivity index (χ3n) is 5.96. The molecule has 5 heteroatoms. The Morgan fingerprint density at radius 2 is 1.83 bits per heavy atom. The van der Waals surface area contributed by atoms with Gasteiger partial charge in [0.25, 0.3) is 5.91 Å². The number of imidazole rings is 1. The largest absolute Gasteiger partial charge is 0.350 e. The molecule has 1 amide bonds. The molecule has 0 radical (unpaired) electrons. The first-order valence-corrected chi connectivity index (χ1v) is 10.8. The van der Waals surface area contributed by atoms with Crippen LogP contribution in [0.3, 0.4) is 0 Å². The van der Waals surface area contributed by atoms with Gasteiger partial charge in [-0.2, -0.15) is 0 Å². The summed E-state index contributed by atoms with van der Waals surface area (Å²) in [6.07, 6.45) is 3.83. The zero-order chi connectivity index (χ0) is 20.4. The van der Waals surface area contributed by atoms with Gasteiger partial charge in [0, 0.05) is 24.7 Å². The molecule has 1 saturated heterocycles. The molecule has 1 unspecified atom stereocenters. The van der Waals surface area contributed by atoms with Crippen LogP contribution in [0.5, 0.6) is 0 Å². The van der Waals surface area contributed by atoms with Crippen LogP contribution in [0.25, 0.3) is 22.4 Å². The topological polar surface area (TPSA) is 50.2 Å². The maximum absolute atomic E-state index is 12.3. The molecule has 5 rings (SSSR count). The first-order chi connectivity index (χ1) is 14.2. The zero-order valence-electron chi connectivity index (χ0n) is 17.6. The van der Waals surface area contributed by atoms with Gasteiger partial charge in [-0.3, -0.25) is 9.69 Å². The molecule has 5 nitrogen and oxygen atoms in total. The highest BCUT2D eigenvalue weighted by atomic mass is 16.1. The molecule has 2 aromatic carbocycles. The highest BCUT2D eigenvalue weighted by Gasteiger charge is 2.23. The quantitative estimate of drug-likeness (QED) is 0.694. The maximum atomic E-state index is 12.3. The van der Waals surface area contributed by atoms with Crippen molar-refractivity contribution in [1.29, 1.82) is 0 Å². The van der Waals surface area contributed by atoms with Gasteiger partial charge in [-0.15, -0.1) is 0 Å². The van der Waals surface area contributed by atoms with Crippen molar-refractivity contribution in [3.05, 3.63) is 53.6 Å². The standard InChI is InChI=1S/C22H24N4O.C2H6/c1-25-13-3-2-7-19(25)15-8-10-16(11-9-15)21-24-18-6-4-5-17-20(18)26(21)14-12-23-22(17)27;1-2/h4-6,8-11,19H,2-3,7,12-14H2,1H3,(H,23,27);1-2H3. The Kier molecular flexibility index (Phi) is 5.67. The van der Waals surface area contributed by atoms with Crippen molar-refractivity contribution in [3.63, 3.8) is 0 Å². The summed E-state index contributed by atoms with van der Waals surface area (Å²) in [7, 11) is 2.22. The van der Waals surface area contributed by atoms with Gasteiger partial charge in [0.15, 0.2) is 0 Å². The zero-order valence-corrected chi connectivity index (χ0v) is 17.6. The molecule has 0 aliphatic carbocycles. The van der Waals surface area contributed by atoms with Crippen molar-refractivity contribution in [2.45, 2.75) is 45.7 Å². The van der Waals surface area contributed by atoms with E-state index >= 15 is 0 Å². The summed E-state index contributed by atoms with van der Waals surface area (Å²) in [5.41, 5.74) is 5.03. The van der Waals surface area contributed by atoms with Crippen LogP contribution in [0.15, 0.2) is 42.5 Å². The van der Waals surface area contributed by atoms with Gasteiger partial charge in [-0.05, 0) is 44.1 Å². The molecule has 2 aliphatic rings. The Hall–Kier alpha value is -2.66. The second-order valence-corrected chi connectivity index (χ2v) is 7.63. The molecule has 1 atom stereocenters. The Morgan fingerprint density at radius 3 is 2.59 bits per heavy atom. The number of carbonyl (C=O) groups excluding carboxylic acids is 1. The molecule has 0 spiro atoms. The fraction of sp³-hybridized carbons (Fsp3) is 0.417. The molecule has 3 aromatic rings. The molecule has 152 valence electrons. The summed E-state index contributed by atoms with van der Waals surface area (Å²) in [6, 6.07) is 15.2. The molecular weight excluding hydrogens is 360 g/mol. The number of benzene rings is 2.